The summed E-state index contributed by atoms with van der Waals surface area (Å²) in [4.78, 5) is 23.3. The molecule has 0 fully saturated rings. The van der Waals surface area contributed by atoms with Crippen molar-refractivity contribution in [2.24, 2.45) is 0 Å². The zero-order chi connectivity index (χ0) is 18.7. The number of anilines is 1. The molecule has 136 valence electrons. The highest BCUT2D eigenvalue weighted by Gasteiger charge is 2.30. The molecule has 3 heterocycles. The van der Waals surface area contributed by atoms with E-state index in [1.54, 1.807) is 0 Å². The molecule has 0 aliphatic rings. The monoisotopic (exact) mass is 375 g/mol. The van der Waals surface area contributed by atoms with Gasteiger partial charge in [0.2, 0.25) is 17.7 Å². The van der Waals surface area contributed by atoms with Crippen molar-refractivity contribution < 1.29 is 19.1 Å². The molecule has 3 aromatic rings. The van der Waals surface area contributed by atoms with Crippen molar-refractivity contribution in [3.8, 4) is 11.5 Å². The number of carbonyl (C=O) groups is 2. The number of nitrogens with one attached hydrogen (secondary N) is 1. The molecule has 0 radical (unpaired) electrons. The summed E-state index contributed by atoms with van der Waals surface area (Å²) in [7, 11) is 0. The van der Waals surface area contributed by atoms with E-state index in [0.717, 1.165) is 5.56 Å². The van der Waals surface area contributed by atoms with Crippen LogP contribution in [-0.2, 0) is 21.5 Å². The summed E-state index contributed by atoms with van der Waals surface area (Å²) >= 11 is 1.53. The van der Waals surface area contributed by atoms with Gasteiger partial charge in [0, 0.05) is 30.0 Å². The van der Waals surface area contributed by atoms with Crippen LogP contribution in [0.2, 0.25) is 0 Å². The van der Waals surface area contributed by atoms with Gasteiger partial charge in [-0.1, -0.05) is 0 Å². The van der Waals surface area contributed by atoms with Gasteiger partial charge in [-0.3, -0.25) is 9.48 Å². The van der Waals surface area contributed by atoms with E-state index in [-0.39, 0.29) is 12.3 Å². The lowest BCUT2D eigenvalue weighted by molar-refractivity contribution is -0.146. The summed E-state index contributed by atoms with van der Waals surface area (Å²) in [5, 5.41) is 27.6. The number of aliphatic carboxylic acids is 1. The first-order valence-electron chi connectivity index (χ1n) is 7.79. The Balaban J connectivity index is 1.55. The lowest BCUT2D eigenvalue weighted by Gasteiger charge is -2.19. The Bertz CT molecular complexity index is 913. The maximum Gasteiger partial charge on any atom is 0.331 e. The molecule has 1 amide bonds. The Labute approximate surface area is 152 Å². The van der Waals surface area contributed by atoms with E-state index in [9.17, 15) is 14.7 Å². The van der Waals surface area contributed by atoms with Crippen LogP contribution >= 0.6 is 11.3 Å². The van der Waals surface area contributed by atoms with Gasteiger partial charge in [-0.25, -0.2) is 4.79 Å². The first kappa shape index (κ1) is 17.8. The van der Waals surface area contributed by atoms with Crippen LogP contribution in [0, 0.1) is 0 Å². The number of aromatic nitrogens is 4. The topological polar surface area (TPSA) is 123 Å². The molecule has 0 bridgehead atoms. The fourth-order valence-corrected chi connectivity index (χ4v) is 2.72. The minimum absolute atomic E-state index is 0.152. The number of nitrogens with zero attached hydrogens (tertiary/aromatic N) is 4. The van der Waals surface area contributed by atoms with Gasteiger partial charge in [-0.05, 0) is 25.3 Å². The molecule has 9 nitrogen and oxygen atoms in total. The Hall–Kier alpha value is -3.01. The van der Waals surface area contributed by atoms with Crippen LogP contribution in [0.15, 0.2) is 33.6 Å². The van der Waals surface area contributed by atoms with Crippen LogP contribution in [0.25, 0.3) is 11.5 Å². The van der Waals surface area contributed by atoms with E-state index in [1.165, 1.54) is 42.3 Å². The van der Waals surface area contributed by atoms with E-state index in [4.69, 9.17) is 4.42 Å². The number of amides is 1. The molecule has 0 atom stereocenters. The van der Waals surface area contributed by atoms with Crippen molar-refractivity contribution in [1.82, 2.24) is 20.0 Å². The molecule has 0 spiro atoms. The van der Waals surface area contributed by atoms with Crippen molar-refractivity contribution in [3.63, 3.8) is 0 Å². The fraction of sp³-hybridized carbons (Fsp3) is 0.312. The average Bonchev–Trinajstić information content (AvgIpc) is 3.33. The lowest BCUT2D eigenvalue weighted by Crippen LogP contribution is -2.35. The molecule has 2 N–H and O–H groups in total. The number of rotatable bonds is 7. The molecule has 0 saturated heterocycles. The van der Waals surface area contributed by atoms with Gasteiger partial charge in [-0.2, -0.15) is 16.4 Å². The number of hydrogen-bond acceptors (Lipinski definition) is 7. The molecule has 0 saturated carbocycles. The molecule has 3 aromatic heterocycles. The highest BCUT2D eigenvalue weighted by Crippen LogP contribution is 2.21. The molecule has 3 rings (SSSR count). The second-order valence-corrected chi connectivity index (χ2v) is 6.88. The largest absolute Gasteiger partial charge is 0.479 e. The molecule has 0 aromatic carbocycles. The van der Waals surface area contributed by atoms with Crippen LogP contribution in [0.5, 0.6) is 0 Å². The molecule has 0 unspecified atom stereocenters. The normalized spacial score (nSPS) is 11.5. The Kier molecular flexibility index (Phi) is 4.85. The second kappa shape index (κ2) is 7.08. The molecule has 0 aliphatic heterocycles. The predicted octanol–water partition coefficient (Wildman–Crippen LogP) is 2.39. The summed E-state index contributed by atoms with van der Waals surface area (Å²) in [6.07, 6.45) is 3.34. The third kappa shape index (κ3) is 3.80. The van der Waals surface area contributed by atoms with Crippen molar-refractivity contribution in [2.75, 3.05) is 5.32 Å². The Morgan fingerprint density at radius 3 is 2.88 bits per heavy atom. The second-order valence-electron chi connectivity index (χ2n) is 6.10. The van der Waals surface area contributed by atoms with Crippen LogP contribution in [0.1, 0.15) is 26.2 Å². The predicted molar refractivity (Wildman–Crippen MR) is 93.7 cm³/mol. The van der Waals surface area contributed by atoms with Gasteiger partial charge >= 0.3 is 5.97 Å². The Morgan fingerprint density at radius 1 is 1.38 bits per heavy atom. The van der Waals surface area contributed by atoms with E-state index in [1.807, 2.05) is 16.8 Å². The standard InChI is InChI=1S/C16H17N5O4S/c1-16(2,15(23)24)21-8-11(7-17-21)18-12(22)3-4-13-19-20-14(25-13)10-5-6-26-9-10/h5-9H,3-4H2,1-2H3,(H,18,22)(H,23,24). The van der Waals surface area contributed by atoms with Crippen LogP contribution < -0.4 is 5.32 Å². The zero-order valence-electron chi connectivity index (χ0n) is 14.2. The van der Waals surface area contributed by atoms with Gasteiger partial charge in [0.05, 0.1) is 11.9 Å². The van der Waals surface area contributed by atoms with Crippen molar-refractivity contribution in [1.29, 1.82) is 0 Å². The molecule has 26 heavy (non-hydrogen) atoms. The average molecular weight is 375 g/mol. The first-order valence-corrected chi connectivity index (χ1v) is 8.74. The van der Waals surface area contributed by atoms with Crippen molar-refractivity contribution in [2.45, 2.75) is 32.2 Å². The summed E-state index contributed by atoms with van der Waals surface area (Å²) < 4.78 is 6.81. The number of carbonyl (C=O) groups excluding carboxylic acids is 1. The van der Waals surface area contributed by atoms with E-state index < -0.39 is 11.5 Å². The summed E-state index contributed by atoms with van der Waals surface area (Å²) in [5.74, 6) is -0.466. The van der Waals surface area contributed by atoms with Crippen LogP contribution in [0.4, 0.5) is 5.69 Å². The minimum atomic E-state index is -1.20. The minimum Gasteiger partial charge on any atom is -0.479 e. The van der Waals surface area contributed by atoms with Crippen molar-refractivity contribution >= 4 is 28.9 Å². The van der Waals surface area contributed by atoms with Gasteiger partial charge in [0.1, 0.15) is 0 Å². The Morgan fingerprint density at radius 2 is 2.19 bits per heavy atom. The highest BCUT2D eigenvalue weighted by atomic mass is 32.1. The molecular weight excluding hydrogens is 358 g/mol. The molecule has 10 heteroatoms. The van der Waals surface area contributed by atoms with Crippen LogP contribution in [0.3, 0.4) is 0 Å². The van der Waals surface area contributed by atoms with E-state index in [0.29, 0.717) is 23.9 Å². The third-order valence-corrected chi connectivity index (χ3v) is 4.45. The van der Waals surface area contributed by atoms with Gasteiger partial charge in [0.15, 0.2) is 5.54 Å². The summed E-state index contributed by atoms with van der Waals surface area (Å²) in [5.41, 5.74) is 0.0746. The van der Waals surface area contributed by atoms with Gasteiger partial charge in [-0.15, -0.1) is 10.2 Å². The summed E-state index contributed by atoms with van der Waals surface area (Å²) in [6, 6.07) is 1.88. The third-order valence-electron chi connectivity index (χ3n) is 3.76. The molecule has 0 aliphatic carbocycles. The summed E-state index contributed by atoms with van der Waals surface area (Å²) in [6.45, 7) is 3.04. The number of carboxylic acids is 1. The van der Waals surface area contributed by atoms with Crippen LogP contribution in [-0.4, -0.2) is 37.0 Å². The zero-order valence-corrected chi connectivity index (χ0v) is 15.0. The number of carboxylic acid groups (broad SMARTS) is 1. The number of aryl methyl sites for hydroxylation is 1. The molecular formula is C16H17N5O4S. The number of hydrogen-bond donors (Lipinski definition) is 2. The lowest BCUT2D eigenvalue weighted by atomic mass is 10.1. The van der Waals surface area contributed by atoms with Gasteiger partial charge in [0.25, 0.3) is 0 Å². The number of thiophene rings is 1. The van der Waals surface area contributed by atoms with E-state index >= 15 is 0 Å². The maximum absolute atomic E-state index is 12.1. The maximum atomic E-state index is 12.1. The van der Waals surface area contributed by atoms with E-state index in [2.05, 4.69) is 20.6 Å². The smallest absolute Gasteiger partial charge is 0.331 e. The van der Waals surface area contributed by atoms with Gasteiger partial charge < -0.3 is 14.8 Å². The highest BCUT2D eigenvalue weighted by molar-refractivity contribution is 7.08. The first-order chi connectivity index (χ1) is 12.4. The quantitative estimate of drug-likeness (QED) is 0.650. The fourth-order valence-electron chi connectivity index (χ4n) is 2.09. The SMILES string of the molecule is CC(C)(C(=O)O)n1cc(NC(=O)CCc2nnc(-c3ccsc3)o2)cn1. The van der Waals surface area contributed by atoms with Crippen molar-refractivity contribution in [3.05, 3.63) is 35.1 Å².